The Labute approximate surface area is 153 Å². The number of anilines is 2. The molecule has 1 fully saturated rings. The second kappa shape index (κ2) is 7.00. The predicted octanol–water partition coefficient (Wildman–Crippen LogP) is 3.49. The first-order chi connectivity index (χ1) is 12.6. The predicted molar refractivity (Wildman–Crippen MR) is 102 cm³/mol. The lowest BCUT2D eigenvalue weighted by Gasteiger charge is -2.36. The Morgan fingerprint density at radius 3 is 2.54 bits per heavy atom. The fraction of sp³-hybridized carbons (Fsp3) is 0.381. The second-order valence-electron chi connectivity index (χ2n) is 7.08. The maximum absolute atomic E-state index is 12.5. The SMILES string of the molecule is CC1CN(c2ccc(NC(=O)c3ccc4c(c3)CCO4)cc2)CC(C)O1. The maximum Gasteiger partial charge on any atom is 0.255 e. The monoisotopic (exact) mass is 352 g/mol. The molecule has 0 spiro atoms. The van der Waals surface area contributed by atoms with E-state index in [0.717, 1.165) is 42.2 Å². The number of hydrogen-bond acceptors (Lipinski definition) is 4. The lowest BCUT2D eigenvalue weighted by atomic mass is 10.1. The summed E-state index contributed by atoms with van der Waals surface area (Å²) in [4.78, 5) is 14.8. The van der Waals surface area contributed by atoms with Gasteiger partial charge in [-0.05, 0) is 61.9 Å². The number of nitrogens with one attached hydrogen (secondary N) is 1. The summed E-state index contributed by atoms with van der Waals surface area (Å²) in [7, 11) is 0. The lowest BCUT2D eigenvalue weighted by Crippen LogP contribution is -2.45. The standard InChI is InChI=1S/C21H24N2O3/c1-14-12-23(13-15(2)26-14)19-6-4-18(5-7-19)22-21(24)17-3-8-20-16(11-17)9-10-25-20/h3-8,11,14-15H,9-10,12-13H2,1-2H3,(H,22,24). The zero-order chi connectivity index (χ0) is 18.1. The van der Waals surface area contributed by atoms with E-state index in [1.807, 2.05) is 30.3 Å². The van der Waals surface area contributed by atoms with Crippen LogP contribution in [0.5, 0.6) is 5.75 Å². The normalized spacial score (nSPS) is 21.8. The summed E-state index contributed by atoms with van der Waals surface area (Å²) in [6.45, 7) is 6.65. The van der Waals surface area contributed by atoms with E-state index in [-0.39, 0.29) is 18.1 Å². The van der Waals surface area contributed by atoms with Crippen molar-refractivity contribution in [2.24, 2.45) is 0 Å². The lowest BCUT2D eigenvalue weighted by molar-refractivity contribution is -0.00521. The number of hydrogen-bond donors (Lipinski definition) is 1. The van der Waals surface area contributed by atoms with E-state index in [4.69, 9.17) is 9.47 Å². The van der Waals surface area contributed by atoms with Crippen LogP contribution in [0, 0.1) is 0 Å². The van der Waals surface area contributed by atoms with E-state index >= 15 is 0 Å². The Bertz CT molecular complexity index is 793. The van der Waals surface area contributed by atoms with E-state index in [1.165, 1.54) is 0 Å². The third-order valence-corrected chi connectivity index (χ3v) is 4.86. The molecule has 0 saturated carbocycles. The molecule has 2 aliphatic rings. The molecule has 0 aromatic heterocycles. The summed E-state index contributed by atoms with van der Waals surface area (Å²) in [6.07, 6.45) is 1.31. The van der Waals surface area contributed by atoms with Crippen LogP contribution < -0.4 is 15.0 Å². The van der Waals surface area contributed by atoms with Crippen molar-refractivity contribution < 1.29 is 14.3 Å². The molecule has 4 rings (SSSR count). The molecule has 1 N–H and O–H groups in total. The van der Waals surface area contributed by atoms with Crippen LogP contribution in [-0.2, 0) is 11.2 Å². The first kappa shape index (κ1) is 16.9. The molecule has 1 saturated heterocycles. The highest BCUT2D eigenvalue weighted by atomic mass is 16.5. The Kier molecular flexibility index (Phi) is 4.55. The number of benzene rings is 2. The van der Waals surface area contributed by atoms with Crippen LogP contribution in [0.4, 0.5) is 11.4 Å². The fourth-order valence-corrected chi connectivity index (χ4v) is 3.68. The van der Waals surface area contributed by atoms with Gasteiger partial charge in [0.25, 0.3) is 5.91 Å². The summed E-state index contributed by atoms with van der Waals surface area (Å²) < 4.78 is 11.3. The van der Waals surface area contributed by atoms with Crippen LogP contribution in [0.3, 0.4) is 0 Å². The number of morpholine rings is 1. The van der Waals surface area contributed by atoms with E-state index in [9.17, 15) is 4.79 Å². The molecule has 0 bridgehead atoms. The van der Waals surface area contributed by atoms with Gasteiger partial charge >= 0.3 is 0 Å². The van der Waals surface area contributed by atoms with Gasteiger partial charge < -0.3 is 19.7 Å². The van der Waals surface area contributed by atoms with Crippen molar-refractivity contribution in [2.45, 2.75) is 32.5 Å². The third-order valence-electron chi connectivity index (χ3n) is 4.86. The van der Waals surface area contributed by atoms with E-state index in [1.54, 1.807) is 0 Å². The Hall–Kier alpha value is -2.53. The van der Waals surface area contributed by atoms with Crippen molar-refractivity contribution in [2.75, 3.05) is 29.9 Å². The number of rotatable bonds is 3. The van der Waals surface area contributed by atoms with Crippen LogP contribution in [0.2, 0.25) is 0 Å². The molecule has 2 aliphatic heterocycles. The zero-order valence-electron chi connectivity index (χ0n) is 15.2. The van der Waals surface area contributed by atoms with Crippen molar-refractivity contribution >= 4 is 17.3 Å². The van der Waals surface area contributed by atoms with Gasteiger partial charge in [-0.2, -0.15) is 0 Å². The van der Waals surface area contributed by atoms with Crippen LogP contribution in [0.15, 0.2) is 42.5 Å². The van der Waals surface area contributed by atoms with Gasteiger partial charge in [-0.25, -0.2) is 0 Å². The number of fused-ring (bicyclic) bond motifs is 1. The Morgan fingerprint density at radius 2 is 1.81 bits per heavy atom. The molecule has 0 radical (unpaired) electrons. The molecular weight excluding hydrogens is 328 g/mol. The molecule has 0 aliphatic carbocycles. The van der Waals surface area contributed by atoms with E-state index < -0.39 is 0 Å². The summed E-state index contributed by atoms with van der Waals surface area (Å²) in [5, 5.41) is 2.97. The van der Waals surface area contributed by atoms with Crippen molar-refractivity contribution in [1.29, 1.82) is 0 Å². The zero-order valence-corrected chi connectivity index (χ0v) is 15.2. The van der Waals surface area contributed by atoms with Crippen LogP contribution in [0.25, 0.3) is 0 Å². The topological polar surface area (TPSA) is 50.8 Å². The Balaban J connectivity index is 1.43. The molecule has 2 atom stereocenters. The average molecular weight is 352 g/mol. The van der Waals surface area contributed by atoms with Crippen molar-refractivity contribution in [3.8, 4) is 5.75 Å². The van der Waals surface area contributed by atoms with Gasteiger partial charge in [0, 0.05) is 36.4 Å². The molecule has 2 unspecified atom stereocenters. The van der Waals surface area contributed by atoms with Gasteiger partial charge in [0.1, 0.15) is 5.75 Å². The van der Waals surface area contributed by atoms with Gasteiger partial charge in [-0.3, -0.25) is 4.79 Å². The van der Waals surface area contributed by atoms with Gasteiger partial charge in [-0.15, -0.1) is 0 Å². The van der Waals surface area contributed by atoms with Crippen LogP contribution >= 0.6 is 0 Å². The molecule has 1 amide bonds. The van der Waals surface area contributed by atoms with E-state index in [2.05, 4.69) is 36.2 Å². The van der Waals surface area contributed by atoms with Crippen molar-refractivity contribution in [3.63, 3.8) is 0 Å². The fourth-order valence-electron chi connectivity index (χ4n) is 3.68. The van der Waals surface area contributed by atoms with Gasteiger partial charge in [0.2, 0.25) is 0 Å². The number of carbonyl (C=O) groups excluding carboxylic acids is 1. The largest absolute Gasteiger partial charge is 0.493 e. The summed E-state index contributed by atoms with van der Waals surface area (Å²) in [6, 6.07) is 13.6. The molecule has 136 valence electrons. The van der Waals surface area contributed by atoms with Gasteiger partial charge in [-0.1, -0.05) is 0 Å². The molecule has 2 aromatic carbocycles. The minimum Gasteiger partial charge on any atom is -0.493 e. The number of amides is 1. The Morgan fingerprint density at radius 1 is 1.08 bits per heavy atom. The minimum atomic E-state index is -0.0962. The smallest absolute Gasteiger partial charge is 0.255 e. The highest BCUT2D eigenvalue weighted by Crippen LogP contribution is 2.27. The third kappa shape index (κ3) is 3.53. The second-order valence-corrected chi connectivity index (χ2v) is 7.08. The quantitative estimate of drug-likeness (QED) is 0.919. The summed E-state index contributed by atoms with van der Waals surface area (Å²) >= 11 is 0. The molecule has 5 nitrogen and oxygen atoms in total. The van der Waals surface area contributed by atoms with Gasteiger partial charge in [0.15, 0.2) is 0 Å². The van der Waals surface area contributed by atoms with Gasteiger partial charge in [0.05, 0.1) is 18.8 Å². The summed E-state index contributed by atoms with van der Waals surface area (Å²) in [5.74, 6) is 0.793. The first-order valence-electron chi connectivity index (χ1n) is 9.16. The highest BCUT2D eigenvalue weighted by molar-refractivity contribution is 6.04. The minimum absolute atomic E-state index is 0.0962. The highest BCUT2D eigenvalue weighted by Gasteiger charge is 2.22. The van der Waals surface area contributed by atoms with Crippen LogP contribution in [0.1, 0.15) is 29.8 Å². The average Bonchev–Trinajstić information content (AvgIpc) is 3.09. The molecule has 2 aromatic rings. The van der Waals surface area contributed by atoms with Crippen LogP contribution in [-0.4, -0.2) is 37.8 Å². The number of carbonyl (C=O) groups is 1. The maximum atomic E-state index is 12.5. The first-order valence-corrected chi connectivity index (χ1v) is 9.16. The molecule has 26 heavy (non-hydrogen) atoms. The van der Waals surface area contributed by atoms with Crippen molar-refractivity contribution in [1.82, 2.24) is 0 Å². The summed E-state index contributed by atoms with van der Waals surface area (Å²) in [5.41, 5.74) is 3.71. The van der Waals surface area contributed by atoms with Crippen molar-refractivity contribution in [3.05, 3.63) is 53.6 Å². The van der Waals surface area contributed by atoms with E-state index in [0.29, 0.717) is 12.2 Å². The number of ether oxygens (including phenoxy) is 2. The molecule has 5 heteroatoms. The number of nitrogens with zero attached hydrogens (tertiary/aromatic N) is 1. The molecule has 2 heterocycles. The molecular formula is C21H24N2O3.